The lowest BCUT2D eigenvalue weighted by Crippen LogP contribution is -2.26. The SMILES string of the molecule is COP(=O)(O)CP(C)(=S)CCC1CC12O[C@]1(CC1n1cnc3c(N)nc(Cl)nc31)[C@@H](F)[C@@H]2C. The molecule has 3 aliphatic rings. The summed E-state index contributed by atoms with van der Waals surface area (Å²) in [5, 5.41) is 0.0175. The van der Waals surface area contributed by atoms with Gasteiger partial charge in [0.2, 0.25) is 5.28 Å². The van der Waals surface area contributed by atoms with Crippen LogP contribution in [0.5, 0.6) is 0 Å². The molecule has 2 spiro atoms. The first-order valence-electron chi connectivity index (χ1n) is 10.8. The largest absolute Gasteiger partial charge is 0.382 e. The fourth-order valence-corrected chi connectivity index (χ4v) is 12.3. The van der Waals surface area contributed by atoms with Gasteiger partial charge in [-0.1, -0.05) is 18.7 Å². The van der Waals surface area contributed by atoms with Gasteiger partial charge >= 0.3 is 7.60 Å². The van der Waals surface area contributed by atoms with E-state index in [4.69, 9.17) is 38.4 Å². The minimum absolute atomic E-state index is 0.0148. The van der Waals surface area contributed by atoms with Crippen molar-refractivity contribution >= 4 is 54.0 Å². The van der Waals surface area contributed by atoms with Gasteiger partial charge in [0.15, 0.2) is 11.5 Å². The molecule has 182 valence electrons. The number of fused-ring (bicyclic) bond motifs is 1. The lowest BCUT2D eigenvalue weighted by molar-refractivity contribution is -0.0253. The van der Waals surface area contributed by atoms with Crippen LogP contribution in [0.25, 0.3) is 11.2 Å². The van der Waals surface area contributed by atoms with E-state index in [-0.39, 0.29) is 34.9 Å². The number of halogens is 2. The maximum atomic E-state index is 15.7. The molecule has 8 atom stereocenters. The third kappa shape index (κ3) is 3.88. The number of imidazole rings is 1. The van der Waals surface area contributed by atoms with Crippen molar-refractivity contribution in [3.63, 3.8) is 0 Å². The molecule has 5 unspecified atom stereocenters. The first kappa shape index (κ1) is 24.0. The Labute approximate surface area is 201 Å². The molecule has 0 bridgehead atoms. The predicted molar refractivity (Wildman–Crippen MR) is 129 cm³/mol. The Kier molecular flexibility index (Phi) is 5.58. The van der Waals surface area contributed by atoms with E-state index in [0.29, 0.717) is 23.7 Å². The Hall–Kier alpha value is -0.670. The zero-order chi connectivity index (χ0) is 24.0. The predicted octanol–water partition coefficient (Wildman–Crippen LogP) is 3.80. The fraction of sp³-hybridized carbons (Fsp3) is 0.737. The van der Waals surface area contributed by atoms with Crippen molar-refractivity contribution in [2.45, 2.75) is 49.6 Å². The van der Waals surface area contributed by atoms with Gasteiger partial charge in [0.25, 0.3) is 0 Å². The standard InChI is InChI=1S/C19H27ClFN5O4P2S/c1-10-14(21)19(7-12(19)26-8-23-13-15(22)24-17(20)25-16(13)26)30-18(10)6-11(18)4-5-31(3,33)9-32(27,28)29-2/h8,10-12,14H,4-7,9H2,1-3H3,(H,27,28)(H2,22,24,25)/t10-,11?,12?,14-,18?,19-,31?/m0/s1. The zero-order valence-electron chi connectivity index (χ0n) is 18.5. The minimum atomic E-state index is -3.65. The Morgan fingerprint density at radius 1 is 1.45 bits per heavy atom. The van der Waals surface area contributed by atoms with Gasteiger partial charge in [-0.3, -0.25) is 4.57 Å². The number of ether oxygens (including phenoxy) is 1. The molecule has 1 saturated heterocycles. The van der Waals surface area contributed by atoms with Crippen LogP contribution >= 0.6 is 25.2 Å². The minimum Gasteiger partial charge on any atom is -0.382 e. The number of alkyl halides is 1. The van der Waals surface area contributed by atoms with E-state index in [0.717, 1.165) is 12.8 Å². The molecule has 2 aromatic heterocycles. The monoisotopic (exact) mass is 537 g/mol. The highest BCUT2D eigenvalue weighted by Crippen LogP contribution is 2.72. The highest BCUT2D eigenvalue weighted by atomic mass is 35.5. The number of nitrogen functional groups attached to an aromatic ring is 1. The summed E-state index contributed by atoms with van der Waals surface area (Å²) >= 11 is 11.6. The van der Waals surface area contributed by atoms with Crippen LogP contribution in [0.3, 0.4) is 0 Å². The molecular formula is C19H27ClFN5O4P2S. The molecule has 2 saturated carbocycles. The molecule has 1 aliphatic heterocycles. The molecule has 0 aromatic carbocycles. The van der Waals surface area contributed by atoms with Gasteiger partial charge in [0.1, 0.15) is 17.3 Å². The van der Waals surface area contributed by atoms with Crippen LogP contribution in [0, 0.1) is 11.8 Å². The van der Waals surface area contributed by atoms with Gasteiger partial charge in [-0.05, 0) is 49.2 Å². The van der Waals surface area contributed by atoms with E-state index in [1.54, 1.807) is 10.9 Å². The zero-order valence-corrected chi connectivity index (χ0v) is 21.9. The summed E-state index contributed by atoms with van der Waals surface area (Å²) in [5.41, 5.74) is 5.38. The topological polar surface area (TPSA) is 125 Å². The highest BCUT2D eigenvalue weighted by molar-refractivity contribution is 8.16. The van der Waals surface area contributed by atoms with Crippen LogP contribution in [-0.2, 0) is 25.6 Å². The smallest absolute Gasteiger partial charge is 0.332 e. The van der Waals surface area contributed by atoms with Crippen LogP contribution in [0.15, 0.2) is 6.33 Å². The number of hydrogen-bond donors (Lipinski definition) is 2. The second kappa shape index (κ2) is 7.66. The van der Waals surface area contributed by atoms with Crippen LogP contribution in [0.2, 0.25) is 5.28 Å². The summed E-state index contributed by atoms with van der Waals surface area (Å²) in [6.45, 7) is 3.80. The fourth-order valence-electron chi connectivity index (χ4n) is 5.59. The van der Waals surface area contributed by atoms with E-state index in [1.165, 1.54) is 7.11 Å². The molecule has 2 aromatic rings. The second-order valence-electron chi connectivity index (χ2n) is 9.80. The van der Waals surface area contributed by atoms with Gasteiger partial charge in [-0.25, -0.2) is 9.37 Å². The summed E-state index contributed by atoms with van der Waals surface area (Å²) in [6, 6.07) is -2.29. The van der Waals surface area contributed by atoms with Gasteiger partial charge < -0.3 is 24.5 Å². The first-order chi connectivity index (χ1) is 15.3. The Morgan fingerprint density at radius 2 is 2.18 bits per heavy atom. The van der Waals surface area contributed by atoms with Crippen molar-refractivity contribution in [1.29, 1.82) is 0 Å². The normalized spacial score (nSPS) is 38.6. The van der Waals surface area contributed by atoms with Gasteiger partial charge in [0.05, 0.1) is 23.9 Å². The van der Waals surface area contributed by atoms with Crippen molar-refractivity contribution in [2.75, 3.05) is 31.6 Å². The van der Waals surface area contributed by atoms with Gasteiger partial charge in [0, 0.05) is 19.4 Å². The molecule has 2 aliphatic carbocycles. The number of aromatic nitrogens is 4. The Morgan fingerprint density at radius 3 is 2.88 bits per heavy atom. The molecule has 33 heavy (non-hydrogen) atoms. The second-order valence-corrected chi connectivity index (χ2v) is 18.6. The third-order valence-corrected chi connectivity index (χ3v) is 14.9. The number of nitrogens with zero attached hydrogens (tertiary/aromatic N) is 4. The lowest BCUT2D eigenvalue weighted by Gasteiger charge is -2.21. The lowest BCUT2D eigenvalue weighted by atomic mass is 9.94. The van der Waals surface area contributed by atoms with Crippen molar-refractivity contribution in [3.05, 3.63) is 11.6 Å². The van der Waals surface area contributed by atoms with E-state index in [2.05, 4.69) is 15.0 Å². The number of hydrogen-bond acceptors (Lipinski definition) is 8. The molecule has 0 amide bonds. The molecule has 5 rings (SSSR count). The quantitative estimate of drug-likeness (QED) is 0.400. The van der Waals surface area contributed by atoms with Gasteiger partial charge in [-0.2, -0.15) is 9.97 Å². The summed E-state index contributed by atoms with van der Waals surface area (Å²) in [4.78, 5) is 22.3. The van der Waals surface area contributed by atoms with Crippen molar-refractivity contribution in [2.24, 2.45) is 11.8 Å². The maximum absolute atomic E-state index is 15.7. The van der Waals surface area contributed by atoms with Crippen LogP contribution in [0.4, 0.5) is 10.2 Å². The van der Waals surface area contributed by atoms with E-state index in [9.17, 15) is 9.46 Å². The molecule has 3 N–H and O–H groups in total. The summed E-state index contributed by atoms with van der Waals surface area (Å²) in [5.74, 6) is 0.122. The molecule has 14 heteroatoms. The third-order valence-electron chi connectivity index (χ3n) is 7.54. The average Bonchev–Trinajstić information content (AvgIpc) is 3.56. The molecule has 3 fully saturated rings. The van der Waals surface area contributed by atoms with Crippen LogP contribution in [-0.4, -0.2) is 67.6 Å². The average molecular weight is 538 g/mol. The molecule has 9 nitrogen and oxygen atoms in total. The molecule has 3 heterocycles. The Bertz CT molecular complexity index is 1230. The number of nitrogens with two attached hydrogens (primary N) is 1. The first-order valence-corrected chi connectivity index (χ1v) is 16.5. The Balaban J connectivity index is 1.31. The van der Waals surface area contributed by atoms with E-state index in [1.807, 2.05) is 13.6 Å². The van der Waals surface area contributed by atoms with E-state index >= 15 is 4.39 Å². The number of anilines is 1. The van der Waals surface area contributed by atoms with Crippen molar-refractivity contribution in [3.8, 4) is 0 Å². The summed E-state index contributed by atoms with van der Waals surface area (Å²) in [6.07, 6.45) is 3.17. The summed E-state index contributed by atoms with van der Waals surface area (Å²) < 4.78 is 40.7. The summed E-state index contributed by atoms with van der Waals surface area (Å²) in [7, 11) is -2.42. The molecule has 0 radical (unpaired) electrons. The van der Waals surface area contributed by atoms with E-state index < -0.39 is 31.0 Å². The molecular weight excluding hydrogens is 511 g/mol. The number of rotatable bonds is 7. The van der Waals surface area contributed by atoms with Crippen molar-refractivity contribution < 1.29 is 23.1 Å². The maximum Gasteiger partial charge on any atom is 0.332 e. The van der Waals surface area contributed by atoms with Gasteiger partial charge in [-0.15, -0.1) is 0 Å². The van der Waals surface area contributed by atoms with Crippen LogP contribution < -0.4 is 5.73 Å². The van der Waals surface area contributed by atoms with Crippen LogP contribution in [0.1, 0.15) is 32.2 Å². The van der Waals surface area contributed by atoms with Crippen molar-refractivity contribution in [1.82, 2.24) is 19.5 Å². The highest BCUT2D eigenvalue weighted by Gasteiger charge is 2.79.